The molecule has 0 radical (unpaired) electrons. The first kappa shape index (κ1) is 24.7. The summed E-state index contributed by atoms with van der Waals surface area (Å²) in [7, 11) is -3.71. The summed E-state index contributed by atoms with van der Waals surface area (Å²) in [4.78, 5) is 17.3. The molecule has 1 aliphatic heterocycles. The van der Waals surface area contributed by atoms with Crippen molar-refractivity contribution in [3.63, 3.8) is 0 Å². The van der Waals surface area contributed by atoms with Crippen LogP contribution < -0.4 is 10.0 Å². The number of aliphatic imine (C=N–C) groups is 1. The zero-order chi connectivity index (χ0) is 24.2. The fourth-order valence-corrected chi connectivity index (χ4v) is 4.45. The monoisotopic (exact) mass is 483 g/mol. The number of hydrogen-bond donors (Lipinski definition) is 2. The molecule has 0 unspecified atom stereocenters. The quantitative estimate of drug-likeness (QED) is 0.603. The van der Waals surface area contributed by atoms with Crippen molar-refractivity contribution in [1.29, 1.82) is 0 Å². The van der Waals surface area contributed by atoms with Crippen LogP contribution in [0, 0.1) is 5.92 Å². The molecule has 0 spiro atoms. The predicted molar refractivity (Wildman–Crippen MR) is 116 cm³/mol. The molecule has 1 heterocycles. The van der Waals surface area contributed by atoms with Gasteiger partial charge in [-0.1, -0.05) is 50.2 Å². The summed E-state index contributed by atoms with van der Waals surface area (Å²) in [5.74, 6) is -0.454. The van der Waals surface area contributed by atoms with Crippen molar-refractivity contribution >= 4 is 21.8 Å². The topological polar surface area (TPSA) is 96.9 Å². The minimum Gasteiger partial charge on any atom is -0.367 e. The van der Waals surface area contributed by atoms with Gasteiger partial charge in [-0.3, -0.25) is 14.5 Å². The van der Waals surface area contributed by atoms with Crippen LogP contribution in [0.15, 0.2) is 58.4 Å². The van der Waals surface area contributed by atoms with Gasteiger partial charge in [0.15, 0.2) is 0 Å². The van der Waals surface area contributed by atoms with E-state index >= 15 is 0 Å². The molecule has 1 amide bonds. The van der Waals surface area contributed by atoms with Crippen molar-refractivity contribution in [3.8, 4) is 0 Å². The molecule has 2 aromatic carbocycles. The van der Waals surface area contributed by atoms with Crippen LogP contribution in [0.25, 0.3) is 0 Å². The lowest BCUT2D eigenvalue weighted by Crippen LogP contribution is -2.38. The summed E-state index contributed by atoms with van der Waals surface area (Å²) in [5, 5.41) is 2.78. The van der Waals surface area contributed by atoms with E-state index in [1.807, 2.05) is 0 Å². The standard InChI is InChI=1S/C22H24F3N3O4S/c1-14(2)19(27-20-17-5-3-4-6-18(17)33(30,31)28-20)21(29)26-11-15-7-9-16(10-8-15)12-32-13-22(23,24)25/h3-10,14,19H,11-13H2,1-2H3,(H,26,29)(H,27,28)/t19-/m1/s1. The van der Waals surface area contributed by atoms with Gasteiger partial charge in [-0.25, -0.2) is 8.42 Å². The number of hydrogen-bond acceptors (Lipinski definition) is 5. The zero-order valence-electron chi connectivity index (χ0n) is 18.0. The summed E-state index contributed by atoms with van der Waals surface area (Å²) in [5.41, 5.74) is 1.73. The molecule has 0 saturated heterocycles. The molecule has 3 rings (SSSR count). The first-order valence-electron chi connectivity index (χ1n) is 10.2. The predicted octanol–water partition coefficient (Wildman–Crippen LogP) is 3.15. The van der Waals surface area contributed by atoms with E-state index in [-0.39, 0.29) is 35.7 Å². The highest BCUT2D eigenvalue weighted by molar-refractivity contribution is 7.90. The first-order chi connectivity index (χ1) is 15.5. The number of amidine groups is 1. The molecule has 7 nitrogen and oxygen atoms in total. The van der Waals surface area contributed by atoms with E-state index in [1.54, 1.807) is 56.3 Å². The fraction of sp³-hybridized carbons (Fsp3) is 0.364. The smallest absolute Gasteiger partial charge is 0.367 e. The molecule has 0 aromatic heterocycles. The molecular weight excluding hydrogens is 459 g/mol. The number of amides is 1. The van der Waals surface area contributed by atoms with Gasteiger partial charge in [0.2, 0.25) is 5.91 Å². The molecule has 2 aromatic rings. The summed E-state index contributed by atoms with van der Waals surface area (Å²) >= 11 is 0. The Kier molecular flexibility index (Phi) is 7.43. The van der Waals surface area contributed by atoms with Gasteiger partial charge < -0.3 is 10.1 Å². The molecule has 0 saturated carbocycles. The molecule has 11 heteroatoms. The third-order valence-corrected chi connectivity index (χ3v) is 6.25. The van der Waals surface area contributed by atoms with Crippen LogP contribution in [-0.4, -0.2) is 39.0 Å². The van der Waals surface area contributed by atoms with Crippen LogP contribution in [-0.2, 0) is 32.7 Å². The Labute approximate surface area is 190 Å². The lowest BCUT2D eigenvalue weighted by molar-refractivity contribution is -0.176. The Balaban J connectivity index is 1.63. The summed E-state index contributed by atoms with van der Waals surface area (Å²) in [6, 6.07) is 12.2. The zero-order valence-corrected chi connectivity index (χ0v) is 18.8. The second kappa shape index (κ2) is 9.92. The molecule has 0 bridgehead atoms. The average molecular weight is 484 g/mol. The first-order valence-corrected chi connectivity index (χ1v) is 11.6. The maximum absolute atomic E-state index is 12.8. The Morgan fingerprint density at radius 1 is 1.09 bits per heavy atom. The number of sulfonamides is 1. The largest absolute Gasteiger partial charge is 0.411 e. The second-order valence-corrected chi connectivity index (χ2v) is 9.56. The third-order valence-electron chi connectivity index (χ3n) is 4.86. The lowest BCUT2D eigenvalue weighted by atomic mass is 10.0. The number of benzene rings is 2. The van der Waals surface area contributed by atoms with E-state index < -0.39 is 28.8 Å². The maximum Gasteiger partial charge on any atom is 0.411 e. The van der Waals surface area contributed by atoms with Crippen LogP contribution in [0.3, 0.4) is 0 Å². The van der Waals surface area contributed by atoms with Crippen molar-refractivity contribution in [2.75, 3.05) is 6.61 Å². The SMILES string of the molecule is CC(C)[C@@H](N=C1NS(=O)(=O)c2ccccc21)C(=O)NCc1ccc(COCC(F)(F)F)cc1. The Morgan fingerprint density at radius 2 is 1.73 bits per heavy atom. The minimum atomic E-state index is -4.37. The molecule has 178 valence electrons. The van der Waals surface area contributed by atoms with Crippen molar-refractivity contribution < 1.29 is 31.1 Å². The van der Waals surface area contributed by atoms with Gasteiger partial charge in [-0.2, -0.15) is 13.2 Å². The number of nitrogens with zero attached hydrogens (tertiary/aromatic N) is 1. The number of fused-ring (bicyclic) bond motifs is 1. The van der Waals surface area contributed by atoms with Gasteiger partial charge in [0.05, 0.1) is 11.5 Å². The third kappa shape index (κ3) is 6.55. The van der Waals surface area contributed by atoms with E-state index in [9.17, 15) is 26.4 Å². The van der Waals surface area contributed by atoms with E-state index in [4.69, 9.17) is 0 Å². The van der Waals surface area contributed by atoms with Crippen LogP contribution in [0.1, 0.15) is 30.5 Å². The highest BCUT2D eigenvalue weighted by atomic mass is 32.2. The average Bonchev–Trinajstić information content (AvgIpc) is 3.00. The van der Waals surface area contributed by atoms with Gasteiger partial charge in [0.25, 0.3) is 10.0 Å². The van der Waals surface area contributed by atoms with Gasteiger partial charge in [-0.15, -0.1) is 0 Å². The van der Waals surface area contributed by atoms with Crippen molar-refractivity contribution in [2.24, 2.45) is 10.9 Å². The number of halogens is 3. The van der Waals surface area contributed by atoms with Crippen LogP contribution >= 0.6 is 0 Å². The minimum absolute atomic E-state index is 0.117. The van der Waals surface area contributed by atoms with Gasteiger partial charge in [-0.05, 0) is 29.2 Å². The van der Waals surface area contributed by atoms with E-state index in [1.165, 1.54) is 6.07 Å². The molecular formula is C22H24F3N3O4S. The molecule has 33 heavy (non-hydrogen) atoms. The van der Waals surface area contributed by atoms with Crippen molar-refractivity contribution in [3.05, 3.63) is 65.2 Å². The van der Waals surface area contributed by atoms with Crippen molar-refractivity contribution in [1.82, 2.24) is 10.0 Å². The number of nitrogens with one attached hydrogen (secondary N) is 2. The molecule has 1 atom stereocenters. The normalized spacial score (nSPS) is 17.0. The van der Waals surface area contributed by atoms with E-state index in [0.717, 1.165) is 5.56 Å². The number of carbonyl (C=O) groups excluding carboxylic acids is 1. The summed E-state index contributed by atoms with van der Waals surface area (Å²) in [6.45, 7) is 2.30. The van der Waals surface area contributed by atoms with Crippen LogP contribution in [0.2, 0.25) is 0 Å². The van der Waals surface area contributed by atoms with Gasteiger partial charge in [0, 0.05) is 12.1 Å². The molecule has 1 aliphatic rings. The van der Waals surface area contributed by atoms with Gasteiger partial charge in [0.1, 0.15) is 18.5 Å². The summed E-state index contributed by atoms with van der Waals surface area (Å²) in [6.07, 6.45) is -4.37. The van der Waals surface area contributed by atoms with E-state index in [0.29, 0.717) is 11.1 Å². The van der Waals surface area contributed by atoms with Crippen molar-refractivity contribution in [2.45, 2.75) is 44.1 Å². The summed E-state index contributed by atoms with van der Waals surface area (Å²) < 4.78 is 68.0. The van der Waals surface area contributed by atoms with E-state index in [2.05, 4.69) is 19.8 Å². The molecule has 0 aliphatic carbocycles. The number of rotatable bonds is 8. The molecule has 2 N–H and O–H groups in total. The highest BCUT2D eigenvalue weighted by Gasteiger charge is 2.32. The van der Waals surface area contributed by atoms with Crippen LogP contribution in [0.4, 0.5) is 13.2 Å². The Hall–Kier alpha value is -2.92. The fourth-order valence-electron chi connectivity index (χ4n) is 3.21. The highest BCUT2D eigenvalue weighted by Crippen LogP contribution is 2.23. The van der Waals surface area contributed by atoms with Gasteiger partial charge >= 0.3 is 6.18 Å². The number of carbonyl (C=O) groups is 1. The van der Waals surface area contributed by atoms with Crippen LogP contribution in [0.5, 0.6) is 0 Å². The molecule has 0 fully saturated rings. The Bertz CT molecular complexity index is 1130. The Morgan fingerprint density at radius 3 is 2.36 bits per heavy atom. The number of ether oxygens (including phenoxy) is 1. The lowest BCUT2D eigenvalue weighted by Gasteiger charge is -2.17. The second-order valence-electron chi connectivity index (χ2n) is 7.91. The maximum atomic E-state index is 12.8. The number of alkyl halides is 3.